The number of hydrogen-bond donors (Lipinski definition) is 2. The first-order valence-corrected chi connectivity index (χ1v) is 6.94. The van der Waals surface area contributed by atoms with Gasteiger partial charge in [0.15, 0.2) is 0 Å². The average molecular weight is 283 g/mol. The summed E-state index contributed by atoms with van der Waals surface area (Å²) in [6.07, 6.45) is 0. The van der Waals surface area contributed by atoms with Crippen LogP contribution in [0.1, 0.15) is 5.56 Å². The van der Waals surface area contributed by atoms with Crippen LogP contribution in [0.2, 0.25) is 0 Å². The van der Waals surface area contributed by atoms with Crippen molar-refractivity contribution in [1.82, 2.24) is 0 Å². The second kappa shape index (κ2) is 6.64. The molecule has 0 unspecified atom stereocenters. The summed E-state index contributed by atoms with van der Waals surface area (Å²) in [5, 5.41) is 11.5. The number of nitrogens with zero attached hydrogens (tertiary/aromatic N) is 1. The predicted molar refractivity (Wildman–Crippen MR) is 81.4 cm³/mol. The summed E-state index contributed by atoms with van der Waals surface area (Å²) < 4.78 is 0. The maximum atomic E-state index is 11.8. The minimum Gasteiger partial charge on any atom is -0.399 e. The molecule has 0 saturated carbocycles. The summed E-state index contributed by atoms with van der Waals surface area (Å²) in [6.45, 7) is 0. The third-order valence-corrected chi connectivity index (χ3v) is 3.52. The van der Waals surface area contributed by atoms with Crippen LogP contribution in [0.25, 0.3) is 0 Å². The van der Waals surface area contributed by atoms with E-state index in [-0.39, 0.29) is 5.91 Å². The summed E-state index contributed by atoms with van der Waals surface area (Å²) in [5.41, 5.74) is 7.61. The highest BCUT2D eigenvalue weighted by Crippen LogP contribution is 2.20. The fourth-order valence-electron chi connectivity index (χ4n) is 1.58. The first-order valence-electron chi connectivity index (χ1n) is 5.96. The molecule has 5 heteroatoms. The fourth-order valence-corrected chi connectivity index (χ4v) is 2.34. The number of hydrogen-bond acceptors (Lipinski definition) is 4. The molecule has 0 aliphatic rings. The van der Waals surface area contributed by atoms with Crippen molar-refractivity contribution in [2.24, 2.45) is 0 Å². The van der Waals surface area contributed by atoms with Crippen molar-refractivity contribution in [3.05, 3.63) is 54.1 Å². The Kier molecular flexibility index (Phi) is 4.64. The second-order valence-electron chi connectivity index (χ2n) is 4.10. The summed E-state index contributed by atoms with van der Waals surface area (Å²) in [5.74, 6) is 0.214. The van der Waals surface area contributed by atoms with Crippen LogP contribution >= 0.6 is 11.8 Å². The summed E-state index contributed by atoms with van der Waals surface area (Å²) in [4.78, 5) is 12.8. The molecule has 0 radical (unpaired) electrons. The lowest BCUT2D eigenvalue weighted by Gasteiger charge is -2.05. The molecule has 0 atom stereocenters. The van der Waals surface area contributed by atoms with Crippen LogP contribution in [-0.4, -0.2) is 11.7 Å². The number of carbonyl (C=O) groups is 1. The molecule has 0 spiro atoms. The van der Waals surface area contributed by atoms with Crippen molar-refractivity contribution >= 4 is 29.0 Å². The molecule has 0 fully saturated rings. The van der Waals surface area contributed by atoms with Gasteiger partial charge >= 0.3 is 0 Å². The maximum absolute atomic E-state index is 11.8. The SMILES string of the molecule is N#Cc1ccc(NC(=O)CSc2cccc(N)c2)cc1. The van der Waals surface area contributed by atoms with E-state index in [1.54, 1.807) is 30.3 Å². The Morgan fingerprint density at radius 3 is 2.65 bits per heavy atom. The Hall–Kier alpha value is -2.45. The Morgan fingerprint density at radius 2 is 2.00 bits per heavy atom. The topological polar surface area (TPSA) is 78.9 Å². The number of nitrogens with two attached hydrogens (primary N) is 1. The third kappa shape index (κ3) is 4.04. The van der Waals surface area contributed by atoms with E-state index in [1.807, 2.05) is 24.3 Å². The highest BCUT2D eigenvalue weighted by Gasteiger charge is 2.04. The maximum Gasteiger partial charge on any atom is 0.234 e. The van der Waals surface area contributed by atoms with E-state index in [1.165, 1.54) is 11.8 Å². The third-order valence-electron chi connectivity index (χ3n) is 2.53. The lowest BCUT2D eigenvalue weighted by molar-refractivity contribution is -0.113. The van der Waals surface area contributed by atoms with Gasteiger partial charge in [0, 0.05) is 16.3 Å². The Labute approximate surface area is 121 Å². The smallest absolute Gasteiger partial charge is 0.234 e. The minimum atomic E-state index is -0.0952. The van der Waals surface area contributed by atoms with Crippen molar-refractivity contribution in [3.8, 4) is 6.07 Å². The van der Waals surface area contributed by atoms with E-state index >= 15 is 0 Å². The van der Waals surface area contributed by atoms with Gasteiger partial charge in [0.2, 0.25) is 5.91 Å². The molecule has 0 bridgehead atoms. The Bertz CT molecular complexity index is 647. The summed E-state index contributed by atoms with van der Waals surface area (Å²) >= 11 is 1.43. The molecular formula is C15H13N3OS. The van der Waals surface area contributed by atoms with Gasteiger partial charge in [-0.25, -0.2) is 0 Å². The summed E-state index contributed by atoms with van der Waals surface area (Å²) in [6, 6.07) is 16.2. The van der Waals surface area contributed by atoms with Gasteiger partial charge in [-0.15, -0.1) is 11.8 Å². The van der Waals surface area contributed by atoms with Gasteiger partial charge in [-0.2, -0.15) is 5.26 Å². The molecule has 0 aliphatic carbocycles. The van der Waals surface area contributed by atoms with E-state index in [0.29, 0.717) is 22.7 Å². The first kappa shape index (κ1) is 14.0. The molecule has 20 heavy (non-hydrogen) atoms. The van der Waals surface area contributed by atoms with Crippen molar-refractivity contribution in [2.75, 3.05) is 16.8 Å². The molecule has 1 amide bonds. The Morgan fingerprint density at radius 1 is 1.25 bits per heavy atom. The molecule has 3 N–H and O–H groups in total. The highest BCUT2D eigenvalue weighted by molar-refractivity contribution is 8.00. The van der Waals surface area contributed by atoms with Crippen LogP contribution in [0.5, 0.6) is 0 Å². The molecule has 2 aromatic rings. The van der Waals surface area contributed by atoms with Crippen molar-refractivity contribution in [2.45, 2.75) is 4.90 Å². The van der Waals surface area contributed by atoms with Gasteiger partial charge in [0.1, 0.15) is 0 Å². The number of anilines is 2. The lowest BCUT2D eigenvalue weighted by Crippen LogP contribution is -2.13. The van der Waals surface area contributed by atoms with Crippen LogP contribution in [0.15, 0.2) is 53.4 Å². The lowest BCUT2D eigenvalue weighted by atomic mass is 10.2. The molecule has 0 aliphatic heterocycles. The molecule has 100 valence electrons. The van der Waals surface area contributed by atoms with E-state index in [4.69, 9.17) is 11.0 Å². The van der Waals surface area contributed by atoms with Crippen molar-refractivity contribution < 1.29 is 4.79 Å². The first-order chi connectivity index (χ1) is 9.67. The second-order valence-corrected chi connectivity index (χ2v) is 5.15. The normalized spacial score (nSPS) is 9.75. The molecule has 2 rings (SSSR count). The monoisotopic (exact) mass is 283 g/mol. The zero-order valence-corrected chi connectivity index (χ0v) is 11.5. The van der Waals surface area contributed by atoms with Gasteiger partial charge in [-0.1, -0.05) is 6.07 Å². The van der Waals surface area contributed by atoms with Crippen LogP contribution < -0.4 is 11.1 Å². The van der Waals surface area contributed by atoms with Crippen LogP contribution in [0.3, 0.4) is 0 Å². The minimum absolute atomic E-state index is 0.0952. The van der Waals surface area contributed by atoms with E-state index in [9.17, 15) is 4.79 Å². The van der Waals surface area contributed by atoms with E-state index < -0.39 is 0 Å². The fraction of sp³-hybridized carbons (Fsp3) is 0.0667. The van der Waals surface area contributed by atoms with Gasteiger partial charge in [0.05, 0.1) is 17.4 Å². The standard InChI is InChI=1S/C15H13N3OS/c16-9-11-4-6-13(7-5-11)18-15(19)10-20-14-3-1-2-12(17)8-14/h1-8H,10,17H2,(H,18,19). The van der Waals surface area contributed by atoms with Crippen LogP contribution in [0.4, 0.5) is 11.4 Å². The van der Waals surface area contributed by atoms with Crippen LogP contribution in [-0.2, 0) is 4.79 Å². The number of nitriles is 1. The molecule has 0 heterocycles. The predicted octanol–water partition coefficient (Wildman–Crippen LogP) is 2.87. The zero-order valence-electron chi connectivity index (χ0n) is 10.7. The molecule has 0 aromatic heterocycles. The van der Waals surface area contributed by atoms with Gasteiger partial charge in [0.25, 0.3) is 0 Å². The van der Waals surface area contributed by atoms with Crippen LogP contribution in [0, 0.1) is 11.3 Å². The number of rotatable bonds is 4. The van der Waals surface area contributed by atoms with Gasteiger partial charge in [-0.05, 0) is 42.5 Å². The Balaban J connectivity index is 1.87. The zero-order chi connectivity index (χ0) is 14.4. The van der Waals surface area contributed by atoms with Gasteiger partial charge in [-0.3, -0.25) is 4.79 Å². The molecule has 2 aromatic carbocycles. The van der Waals surface area contributed by atoms with Crippen molar-refractivity contribution in [1.29, 1.82) is 5.26 Å². The molecule has 4 nitrogen and oxygen atoms in total. The number of carbonyl (C=O) groups excluding carboxylic acids is 1. The average Bonchev–Trinajstić information content (AvgIpc) is 2.46. The van der Waals surface area contributed by atoms with Gasteiger partial charge < -0.3 is 11.1 Å². The number of nitrogens with one attached hydrogen (secondary N) is 1. The number of benzene rings is 2. The number of thioether (sulfide) groups is 1. The quantitative estimate of drug-likeness (QED) is 0.668. The number of nitrogen functional groups attached to an aromatic ring is 1. The molecular weight excluding hydrogens is 270 g/mol. The van der Waals surface area contributed by atoms with E-state index in [2.05, 4.69) is 5.32 Å². The number of amides is 1. The van der Waals surface area contributed by atoms with E-state index in [0.717, 1.165) is 4.90 Å². The largest absolute Gasteiger partial charge is 0.399 e. The van der Waals surface area contributed by atoms with Crippen molar-refractivity contribution in [3.63, 3.8) is 0 Å². The summed E-state index contributed by atoms with van der Waals surface area (Å²) in [7, 11) is 0. The highest BCUT2D eigenvalue weighted by atomic mass is 32.2. The molecule has 0 saturated heterocycles.